The van der Waals surface area contributed by atoms with E-state index in [-0.39, 0.29) is 18.7 Å². The molecular weight excluding hydrogens is 500 g/mol. The second kappa shape index (κ2) is 11.2. The van der Waals surface area contributed by atoms with E-state index in [1.807, 2.05) is 36.4 Å². The van der Waals surface area contributed by atoms with Gasteiger partial charge in [0.15, 0.2) is 11.5 Å². The molecule has 2 heterocycles. The molecular formula is C22H21Cl2F3N2O5. The molecule has 34 heavy (non-hydrogen) atoms. The summed E-state index contributed by atoms with van der Waals surface area (Å²) < 4.78 is 42.4. The van der Waals surface area contributed by atoms with Crippen LogP contribution in [-0.2, 0) is 22.6 Å². The zero-order valence-electron chi connectivity index (χ0n) is 17.7. The zero-order valence-corrected chi connectivity index (χ0v) is 19.2. The molecule has 2 aliphatic rings. The number of nitrogens with zero attached hydrogens (tertiary/aromatic N) is 1. The number of rotatable bonds is 5. The largest absolute Gasteiger partial charge is 0.490 e. The van der Waals surface area contributed by atoms with Crippen LogP contribution in [-0.4, -0.2) is 54.0 Å². The molecule has 2 aromatic rings. The number of fused-ring (bicyclic) bond motifs is 1. The van der Waals surface area contributed by atoms with Crippen molar-refractivity contribution in [2.75, 3.05) is 19.9 Å². The molecule has 2 aromatic carbocycles. The normalized spacial score (nSPS) is 17.1. The van der Waals surface area contributed by atoms with Crippen LogP contribution in [0.1, 0.15) is 17.5 Å². The number of carbonyl (C=O) groups is 2. The molecule has 0 aromatic heterocycles. The average molecular weight is 521 g/mol. The third kappa shape index (κ3) is 7.41. The summed E-state index contributed by atoms with van der Waals surface area (Å²) in [5, 5.41) is 11.4. The minimum absolute atomic E-state index is 0.0234. The summed E-state index contributed by atoms with van der Waals surface area (Å²) >= 11 is 12.1. The SMILES string of the molecule is O=C(Cc1ccc2c(c1)OCO2)NC1CCN(Cc2ccc(Cl)c(Cl)c2)C1.O=C(O)C(F)(F)F. The lowest BCUT2D eigenvalue weighted by Gasteiger charge is -2.17. The minimum atomic E-state index is -5.08. The van der Waals surface area contributed by atoms with Crippen LogP contribution in [0.5, 0.6) is 11.5 Å². The van der Waals surface area contributed by atoms with Crippen molar-refractivity contribution in [3.8, 4) is 11.5 Å². The number of carboxylic acid groups (broad SMARTS) is 1. The number of hydrogen-bond donors (Lipinski definition) is 2. The molecule has 7 nitrogen and oxygen atoms in total. The van der Waals surface area contributed by atoms with E-state index in [9.17, 15) is 18.0 Å². The predicted molar refractivity (Wildman–Crippen MR) is 118 cm³/mol. The van der Waals surface area contributed by atoms with Crippen molar-refractivity contribution in [2.24, 2.45) is 0 Å². The first-order valence-electron chi connectivity index (χ1n) is 10.2. The monoisotopic (exact) mass is 520 g/mol. The number of nitrogens with one attached hydrogen (secondary N) is 1. The minimum Gasteiger partial charge on any atom is -0.475 e. The van der Waals surface area contributed by atoms with Crippen molar-refractivity contribution in [1.29, 1.82) is 0 Å². The number of carboxylic acids is 1. The molecule has 0 radical (unpaired) electrons. The van der Waals surface area contributed by atoms with Crippen molar-refractivity contribution in [2.45, 2.75) is 31.6 Å². The Morgan fingerprint density at radius 1 is 1.06 bits per heavy atom. The van der Waals surface area contributed by atoms with Crippen molar-refractivity contribution >= 4 is 35.1 Å². The maximum absolute atomic E-state index is 12.4. The molecule has 0 spiro atoms. The molecule has 12 heteroatoms. The van der Waals surface area contributed by atoms with E-state index in [4.69, 9.17) is 42.6 Å². The smallest absolute Gasteiger partial charge is 0.475 e. The Kier molecular flexibility index (Phi) is 8.51. The Balaban J connectivity index is 0.000000406. The van der Waals surface area contributed by atoms with Gasteiger partial charge in [-0.15, -0.1) is 0 Å². The zero-order chi connectivity index (χ0) is 24.9. The van der Waals surface area contributed by atoms with Gasteiger partial charge in [-0.25, -0.2) is 4.79 Å². The van der Waals surface area contributed by atoms with Gasteiger partial charge in [0.05, 0.1) is 16.5 Å². The van der Waals surface area contributed by atoms with Gasteiger partial charge in [-0.05, 0) is 41.8 Å². The standard InChI is InChI=1S/C20H20Cl2N2O3.C2HF3O2/c21-16-3-1-14(7-17(16)22)10-24-6-5-15(11-24)23-20(25)9-13-2-4-18-19(8-13)27-12-26-18;3-2(4,5)1(6)7/h1-4,7-8,15H,5-6,9-12H2,(H,23,25);(H,6,7). The summed E-state index contributed by atoms with van der Waals surface area (Å²) in [7, 11) is 0. The number of aliphatic carboxylic acids is 1. The Morgan fingerprint density at radius 3 is 2.41 bits per heavy atom. The van der Waals surface area contributed by atoms with E-state index >= 15 is 0 Å². The summed E-state index contributed by atoms with van der Waals surface area (Å²) in [4.78, 5) is 23.6. The van der Waals surface area contributed by atoms with Gasteiger partial charge in [0.1, 0.15) is 0 Å². The van der Waals surface area contributed by atoms with Gasteiger partial charge in [-0.1, -0.05) is 35.3 Å². The number of alkyl halides is 3. The maximum Gasteiger partial charge on any atom is 0.490 e. The quantitative estimate of drug-likeness (QED) is 0.611. The number of carbonyl (C=O) groups excluding carboxylic acids is 1. The Bertz CT molecular complexity index is 1050. The van der Waals surface area contributed by atoms with Crippen molar-refractivity contribution in [3.05, 3.63) is 57.6 Å². The lowest BCUT2D eigenvalue weighted by Crippen LogP contribution is -2.37. The summed E-state index contributed by atoms with van der Waals surface area (Å²) in [5.74, 6) is -1.30. The summed E-state index contributed by atoms with van der Waals surface area (Å²) in [6, 6.07) is 11.5. The van der Waals surface area contributed by atoms with E-state index < -0.39 is 12.1 Å². The second-order valence-electron chi connectivity index (χ2n) is 7.70. The lowest BCUT2D eigenvalue weighted by atomic mass is 10.1. The van der Waals surface area contributed by atoms with Crippen LogP contribution >= 0.6 is 23.2 Å². The van der Waals surface area contributed by atoms with Crippen molar-refractivity contribution in [3.63, 3.8) is 0 Å². The number of benzene rings is 2. The van der Waals surface area contributed by atoms with Gasteiger partial charge in [-0.2, -0.15) is 13.2 Å². The first-order chi connectivity index (χ1) is 16.0. The molecule has 184 valence electrons. The molecule has 0 saturated carbocycles. The first-order valence-corrected chi connectivity index (χ1v) is 10.9. The predicted octanol–water partition coefficient (Wildman–Crippen LogP) is 4.29. The summed E-state index contributed by atoms with van der Waals surface area (Å²) in [6.07, 6.45) is -3.81. The van der Waals surface area contributed by atoms with Crippen molar-refractivity contribution in [1.82, 2.24) is 10.2 Å². The number of hydrogen-bond acceptors (Lipinski definition) is 5. The molecule has 0 aliphatic carbocycles. The molecule has 1 unspecified atom stereocenters. The van der Waals surface area contributed by atoms with Gasteiger partial charge < -0.3 is 19.9 Å². The second-order valence-corrected chi connectivity index (χ2v) is 8.52. The van der Waals surface area contributed by atoms with E-state index in [1.54, 1.807) is 0 Å². The average Bonchev–Trinajstić information content (AvgIpc) is 3.39. The number of likely N-dealkylation sites (tertiary alicyclic amines) is 1. The highest BCUT2D eigenvalue weighted by atomic mass is 35.5. The van der Waals surface area contributed by atoms with E-state index in [2.05, 4.69) is 10.2 Å². The molecule has 1 saturated heterocycles. The van der Waals surface area contributed by atoms with Gasteiger partial charge in [-0.3, -0.25) is 9.69 Å². The Labute approximate surface area is 203 Å². The van der Waals surface area contributed by atoms with Gasteiger partial charge in [0, 0.05) is 25.7 Å². The van der Waals surface area contributed by atoms with Gasteiger partial charge in [0.2, 0.25) is 12.7 Å². The molecule has 1 fully saturated rings. The van der Waals surface area contributed by atoms with E-state index in [0.29, 0.717) is 22.2 Å². The summed E-state index contributed by atoms with van der Waals surface area (Å²) in [5.41, 5.74) is 2.04. The highest BCUT2D eigenvalue weighted by Gasteiger charge is 2.38. The van der Waals surface area contributed by atoms with Crippen LogP contribution < -0.4 is 14.8 Å². The molecule has 2 aliphatic heterocycles. The maximum atomic E-state index is 12.4. The lowest BCUT2D eigenvalue weighted by molar-refractivity contribution is -0.192. The highest BCUT2D eigenvalue weighted by molar-refractivity contribution is 6.42. The fourth-order valence-electron chi connectivity index (χ4n) is 3.51. The number of halogens is 5. The third-order valence-corrected chi connectivity index (χ3v) is 5.81. The van der Waals surface area contributed by atoms with E-state index in [0.717, 1.165) is 42.9 Å². The topological polar surface area (TPSA) is 88.1 Å². The van der Waals surface area contributed by atoms with Crippen LogP contribution in [0.3, 0.4) is 0 Å². The van der Waals surface area contributed by atoms with Crippen molar-refractivity contribution < 1.29 is 37.3 Å². The van der Waals surface area contributed by atoms with Gasteiger partial charge >= 0.3 is 12.1 Å². The first kappa shape index (κ1) is 25.9. The number of ether oxygens (including phenoxy) is 2. The van der Waals surface area contributed by atoms with Crippen LogP contribution in [0.4, 0.5) is 13.2 Å². The Morgan fingerprint density at radius 2 is 1.74 bits per heavy atom. The summed E-state index contributed by atoms with van der Waals surface area (Å²) in [6.45, 7) is 2.80. The highest BCUT2D eigenvalue weighted by Crippen LogP contribution is 2.32. The van der Waals surface area contributed by atoms with Gasteiger partial charge in [0.25, 0.3) is 0 Å². The number of amides is 1. The molecule has 1 amide bonds. The van der Waals surface area contributed by atoms with E-state index in [1.165, 1.54) is 0 Å². The fourth-order valence-corrected chi connectivity index (χ4v) is 3.83. The Hall–Kier alpha value is -2.69. The van der Waals surface area contributed by atoms with Crippen LogP contribution in [0.2, 0.25) is 10.0 Å². The molecule has 4 rings (SSSR count). The molecule has 0 bridgehead atoms. The molecule has 2 N–H and O–H groups in total. The molecule has 1 atom stereocenters. The van der Waals surface area contributed by atoms with Crippen LogP contribution in [0.15, 0.2) is 36.4 Å². The van der Waals surface area contributed by atoms with Crippen LogP contribution in [0.25, 0.3) is 0 Å². The third-order valence-electron chi connectivity index (χ3n) is 5.07. The van der Waals surface area contributed by atoms with Crippen LogP contribution in [0, 0.1) is 0 Å². The fraction of sp³-hybridized carbons (Fsp3) is 0.364.